The van der Waals surface area contributed by atoms with Gasteiger partial charge in [0.2, 0.25) is 0 Å². The smallest absolute Gasteiger partial charge is 0.121 e. The summed E-state index contributed by atoms with van der Waals surface area (Å²) in [6.07, 6.45) is 4.98. The summed E-state index contributed by atoms with van der Waals surface area (Å²) >= 11 is 1.79. The van der Waals surface area contributed by atoms with Crippen LogP contribution in [0.25, 0.3) is 5.57 Å². The maximum Gasteiger partial charge on any atom is 0.121 e. The topological polar surface area (TPSA) is 16.1 Å². The molecule has 2 bridgehead atoms. The predicted molar refractivity (Wildman–Crippen MR) is 73.6 cm³/mol. The highest BCUT2D eigenvalue weighted by molar-refractivity contribution is 7.10. The molecule has 0 aliphatic carbocycles. The van der Waals surface area contributed by atoms with Gasteiger partial charge in [-0.05, 0) is 25.7 Å². The van der Waals surface area contributed by atoms with E-state index in [0.717, 1.165) is 11.6 Å². The largest absolute Gasteiger partial charge is 0.377 e. The van der Waals surface area contributed by atoms with Gasteiger partial charge in [-0.3, -0.25) is 0 Å². The fourth-order valence-corrected chi connectivity index (χ4v) is 3.25. The highest BCUT2D eigenvalue weighted by Crippen LogP contribution is 2.38. The van der Waals surface area contributed by atoms with Gasteiger partial charge in [-0.25, -0.2) is 4.98 Å². The summed E-state index contributed by atoms with van der Waals surface area (Å²) in [6, 6.07) is 0. The summed E-state index contributed by atoms with van der Waals surface area (Å²) in [5, 5.41) is 3.39. The molecule has 0 spiro atoms. The van der Waals surface area contributed by atoms with E-state index in [1.807, 2.05) is 0 Å². The van der Waals surface area contributed by atoms with E-state index in [2.05, 4.69) is 28.4 Å². The van der Waals surface area contributed by atoms with Crippen molar-refractivity contribution in [2.75, 3.05) is 13.1 Å². The Morgan fingerprint density at radius 3 is 2.44 bits per heavy atom. The van der Waals surface area contributed by atoms with Crippen LogP contribution in [-0.4, -0.2) is 23.0 Å². The van der Waals surface area contributed by atoms with E-state index >= 15 is 0 Å². The minimum Gasteiger partial charge on any atom is -0.377 e. The molecule has 1 fully saturated rings. The number of fused-ring (bicyclic) bond motifs is 2. The molecule has 0 amide bonds. The minimum atomic E-state index is 0. The maximum absolute atomic E-state index is 4.58. The van der Waals surface area contributed by atoms with Gasteiger partial charge in [0, 0.05) is 35.9 Å². The lowest BCUT2D eigenvalue weighted by molar-refractivity contribution is 0.252. The lowest BCUT2D eigenvalue weighted by atomic mass is 9.86. The average Bonchev–Trinajstić information content (AvgIpc) is 2.66. The van der Waals surface area contributed by atoms with E-state index in [1.54, 1.807) is 11.3 Å². The Kier molecular flexibility index (Phi) is 4.65. The van der Waals surface area contributed by atoms with Crippen molar-refractivity contribution in [3.8, 4) is 0 Å². The average molecular weight is 279 g/mol. The maximum atomic E-state index is 4.58. The number of aromatic nitrogens is 1. The Morgan fingerprint density at radius 2 is 2.00 bits per heavy atom. The lowest BCUT2D eigenvalue weighted by Crippen LogP contribution is -2.35. The second-order valence-corrected chi connectivity index (χ2v) is 5.05. The Morgan fingerprint density at radius 1 is 1.31 bits per heavy atom. The molecule has 0 radical (unpaired) electrons. The number of aryl methyl sites for hydroxylation is 1. The number of allylic oxidation sites excluding steroid dienone is 1. The van der Waals surface area contributed by atoms with Gasteiger partial charge in [-0.1, -0.05) is 0 Å². The third-order valence-electron chi connectivity index (χ3n) is 3.16. The molecule has 5 heteroatoms. The quantitative estimate of drug-likeness (QED) is 0.783. The summed E-state index contributed by atoms with van der Waals surface area (Å²) in [7, 11) is 0. The molecule has 90 valence electrons. The number of hydrogen-bond acceptors (Lipinski definition) is 3. The molecular formula is C11H16Cl2N2S. The van der Waals surface area contributed by atoms with Gasteiger partial charge in [0.05, 0.1) is 0 Å². The summed E-state index contributed by atoms with van der Waals surface area (Å²) in [5.74, 6) is 0.783. The van der Waals surface area contributed by atoms with E-state index in [9.17, 15) is 0 Å². The van der Waals surface area contributed by atoms with Crippen molar-refractivity contribution in [3.05, 3.63) is 22.3 Å². The van der Waals surface area contributed by atoms with Crippen LogP contribution >= 0.6 is 36.2 Å². The zero-order chi connectivity index (χ0) is 9.54. The van der Waals surface area contributed by atoms with Crippen LogP contribution in [0, 0.1) is 12.8 Å². The number of thiazole rings is 1. The number of piperidine rings is 1. The second kappa shape index (κ2) is 5.39. The van der Waals surface area contributed by atoms with Crippen molar-refractivity contribution in [1.82, 2.24) is 9.88 Å². The van der Waals surface area contributed by atoms with Crippen molar-refractivity contribution < 1.29 is 0 Å². The molecule has 1 aromatic rings. The van der Waals surface area contributed by atoms with Crippen LogP contribution in [0.5, 0.6) is 0 Å². The van der Waals surface area contributed by atoms with Gasteiger partial charge in [0.15, 0.2) is 0 Å². The van der Waals surface area contributed by atoms with Crippen LogP contribution in [-0.2, 0) is 0 Å². The van der Waals surface area contributed by atoms with E-state index in [4.69, 9.17) is 0 Å². The summed E-state index contributed by atoms with van der Waals surface area (Å²) in [5.41, 5.74) is 2.64. The van der Waals surface area contributed by atoms with Crippen LogP contribution in [0.4, 0.5) is 0 Å². The van der Waals surface area contributed by atoms with Gasteiger partial charge in [0.1, 0.15) is 5.01 Å². The zero-order valence-corrected chi connectivity index (χ0v) is 11.6. The predicted octanol–water partition coefficient (Wildman–Crippen LogP) is 3.36. The minimum absolute atomic E-state index is 0. The molecule has 0 aromatic carbocycles. The molecule has 3 aliphatic rings. The van der Waals surface area contributed by atoms with E-state index < -0.39 is 0 Å². The fraction of sp³-hybridized carbons (Fsp3) is 0.545. The van der Waals surface area contributed by atoms with Crippen LogP contribution in [0.15, 0.2) is 11.6 Å². The molecule has 0 N–H and O–H groups in total. The lowest BCUT2D eigenvalue weighted by Gasteiger charge is -2.38. The van der Waals surface area contributed by atoms with Crippen molar-refractivity contribution >= 4 is 41.7 Å². The first-order valence-electron chi connectivity index (χ1n) is 5.21. The third-order valence-corrected chi connectivity index (χ3v) is 4.17. The molecule has 2 nitrogen and oxygen atoms in total. The first kappa shape index (κ1) is 13.8. The van der Waals surface area contributed by atoms with Crippen molar-refractivity contribution in [1.29, 1.82) is 0 Å². The SMILES string of the molecule is Cc1csc(C2=CN3CCC2CC3)n1.Cl.Cl. The number of nitrogens with zero attached hydrogens (tertiary/aromatic N) is 2. The standard InChI is InChI=1S/C11H14N2S.2ClH/c1-8-7-14-11(12-8)10-6-13-4-2-9(10)3-5-13;;/h6-7,9H,2-5H2,1H3;2*1H. The molecule has 1 aromatic heterocycles. The van der Waals surface area contributed by atoms with Crippen molar-refractivity contribution in [2.24, 2.45) is 5.92 Å². The van der Waals surface area contributed by atoms with Gasteiger partial charge < -0.3 is 4.90 Å². The Labute approximate surface area is 113 Å². The number of hydrogen-bond donors (Lipinski definition) is 0. The first-order chi connectivity index (χ1) is 6.83. The third kappa shape index (κ3) is 2.36. The van der Waals surface area contributed by atoms with Crippen LogP contribution in [0.2, 0.25) is 0 Å². The van der Waals surface area contributed by atoms with Gasteiger partial charge in [-0.15, -0.1) is 36.2 Å². The fourth-order valence-electron chi connectivity index (χ4n) is 2.36. The molecule has 4 heterocycles. The zero-order valence-electron chi connectivity index (χ0n) is 9.18. The van der Waals surface area contributed by atoms with E-state index in [-0.39, 0.29) is 24.8 Å². The Balaban J connectivity index is 0.000000640. The van der Waals surface area contributed by atoms with E-state index in [0.29, 0.717) is 0 Å². The molecule has 16 heavy (non-hydrogen) atoms. The highest BCUT2D eigenvalue weighted by Gasteiger charge is 2.28. The summed E-state index contributed by atoms with van der Waals surface area (Å²) in [4.78, 5) is 7.01. The van der Waals surface area contributed by atoms with E-state index in [1.165, 1.54) is 36.5 Å². The normalized spacial score (nSPS) is 18.8. The molecular weight excluding hydrogens is 263 g/mol. The molecule has 4 rings (SSSR count). The summed E-state index contributed by atoms with van der Waals surface area (Å²) in [6.45, 7) is 4.57. The van der Waals surface area contributed by atoms with Crippen molar-refractivity contribution in [2.45, 2.75) is 19.8 Å². The molecule has 3 aliphatic heterocycles. The molecule has 0 atom stereocenters. The molecule has 0 saturated carbocycles. The number of rotatable bonds is 1. The second-order valence-electron chi connectivity index (χ2n) is 4.19. The van der Waals surface area contributed by atoms with Gasteiger partial charge in [-0.2, -0.15) is 0 Å². The van der Waals surface area contributed by atoms with Gasteiger partial charge in [0.25, 0.3) is 0 Å². The Bertz CT molecular complexity index is 381. The highest BCUT2D eigenvalue weighted by atomic mass is 35.5. The monoisotopic (exact) mass is 278 g/mol. The van der Waals surface area contributed by atoms with Crippen LogP contribution in [0.3, 0.4) is 0 Å². The Hall–Kier alpha value is -0.250. The summed E-state index contributed by atoms with van der Waals surface area (Å²) < 4.78 is 0. The van der Waals surface area contributed by atoms with Crippen molar-refractivity contribution in [3.63, 3.8) is 0 Å². The first-order valence-corrected chi connectivity index (χ1v) is 6.09. The van der Waals surface area contributed by atoms with Crippen LogP contribution in [0.1, 0.15) is 23.5 Å². The molecule has 0 unspecified atom stereocenters. The molecule has 1 saturated heterocycles. The van der Waals surface area contributed by atoms with Crippen LogP contribution < -0.4 is 0 Å². The van der Waals surface area contributed by atoms with Gasteiger partial charge >= 0.3 is 0 Å². The number of halogens is 2.